The van der Waals surface area contributed by atoms with Crippen LogP contribution in [0.4, 0.5) is 0 Å². The quantitative estimate of drug-likeness (QED) is 0.526. The second-order valence-electron chi connectivity index (χ2n) is 3.44. The molecular weight excluding hydrogens is 110 g/mol. The topological polar surface area (TPSA) is 12.0 Å². The molecule has 0 aromatic rings. The molecule has 0 amide bonds. The Bertz CT molecular complexity index is 75.3. The molecule has 1 rings (SSSR count). The van der Waals surface area contributed by atoms with E-state index in [1.165, 1.54) is 25.9 Å². The third-order valence-electron chi connectivity index (χ3n) is 2.11. The maximum atomic E-state index is 3.43. The molecule has 1 saturated heterocycles. The van der Waals surface area contributed by atoms with Gasteiger partial charge in [-0.05, 0) is 37.8 Å². The van der Waals surface area contributed by atoms with E-state index in [-0.39, 0.29) is 1.43 Å². The van der Waals surface area contributed by atoms with Crippen molar-refractivity contribution in [3.63, 3.8) is 0 Å². The van der Waals surface area contributed by atoms with E-state index in [1.807, 2.05) is 0 Å². The maximum absolute atomic E-state index is 3.43. The molecule has 1 aliphatic rings. The van der Waals surface area contributed by atoms with Gasteiger partial charge < -0.3 is 5.32 Å². The van der Waals surface area contributed by atoms with Crippen molar-refractivity contribution in [3.8, 4) is 0 Å². The second kappa shape index (κ2) is 3.21. The van der Waals surface area contributed by atoms with Crippen molar-refractivity contribution in [3.05, 3.63) is 0 Å². The van der Waals surface area contributed by atoms with Crippen LogP contribution in [0, 0.1) is 11.8 Å². The molecule has 0 aromatic carbocycles. The van der Waals surface area contributed by atoms with Crippen molar-refractivity contribution in [2.45, 2.75) is 26.7 Å². The summed E-state index contributed by atoms with van der Waals surface area (Å²) in [6.45, 7) is 7.13. The first-order valence-electron chi connectivity index (χ1n) is 3.99. The lowest BCUT2D eigenvalue weighted by Crippen LogP contribution is -2.18. The molecule has 0 spiro atoms. The van der Waals surface area contributed by atoms with Crippen molar-refractivity contribution in [2.75, 3.05) is 13.1 Å². The van der Waals surface area contributed by atoms with Gasteiger partial charge in [0.25, 0.3) is 0 Å². The Morgan fingerprint density at radius 2 is 2.11 bits per heavy atom. The van der Waals surface area contributed by atoms with Gasteiger partial charge in [-0.15, -0.1) is 0 Å². The van der Waals surface area contributed by atoms with E-state index in [0.717, 1.165) is 11.8 Å². The lowest BCUT2D eigenvalue weighted by atomic mass is 9.97. The van der Waals surface area contributed by atoms with Crippen LogP contribution in [0.1, 0.15) is 28.1 Å². The Morgan fingerprint density at radius 1 is 1.33 bits per heavy atom. The lowest BCUT2D eigenvalue weighted by molar-refractivity contribution is 0.440. The zero-order valence-electron chi connectivity index (χ0n) is 6.48. The summed E-state index contributed by atoms with van der Waals surface area (Å²) in [4.78, 5) is 0. The zero-order valence-corrected chi connectivity index (χ0v) is 6.48. The van der Waals surface area contributed by atoms with Gasteiger partial charge in [0, 0.05) is 1.43 Å². The molecular formula is C8H19N. The van der Waals surface area contributed by atoms with Crippen molar-refractivity contribution in [1.82, 2.24) is 5.32 Å². The Kier molecular flexibility index (Phi) is 2.52. The molecule has 0 radical (unpaired) electrons. The minimum atomic E-state index is 0. The van der Waals surface area contributed by atoms with Crippen LogP contribution in [0.3, 0.4) is 0 Å². The second-order valence-corrected chi connectivity index (χ2v) is 3.44. The summed E-state index contributed by atoms with van der Waals surface area (Å²) >= 11 is 0. The van der Waals surface area contributed by atoms with Gasteiger partial charge in [-0.2, -0.15) is 0 Å². The van der Waals surface area contributed by atoms with E-state index in [4.69, 9.17) is 0 Å². The highest BCUT2D eigenvalue weighted by Crippen LogP contribution is 2.16. The highest BCUT2D eigenvalue weighted by Gasteiger charge is 2.11. The predicted octanol–water partition coefficient (Wildman–Crippen LogP) is 1.89. The average Bonchev–Trinajstić information content (AvgIpc) is 1.93. The van der Waals surface area contributed by atoms with Crippen LogP contribution in [0.5, 0.6) is 0 Å². The largest absolute Gasteiger partial charge is 0.316 e. The van der Waals surface area contributed by atoms with Crippen LogP contribution in [0.15, 0.2) is 0 Å². The molecule has 0 saturated carbocycles. The van der Waals surface area contributed by atoms with Gasteiger partial charge in [-0.3, -0.25) is 0 Å². The molecule has 56 valence electrons. The summed E-state index contributed by atoms with van der Waals surface area (Å²) in [6, 6.07) is 0. The van der Waals surface area contributed by atoms with Crippen LogP contribution >= 0.6 is 0 Å². The first-order valence-corrected chi connectivity index (χ1v) is 3.99. The van der Waals surface area contributed by atoms with Gasteiger partial charge in [0.2, 0.25) is 0 Å². The molecule has 0 aliphatic carbocycles. The van der Waals surface area contributed by atoms with Gasteiger partial charge >= 0.3 is 0 Å². The fraction of sp³-hybridized carbons (Fsp3) is 1.00. The number of nitrogens with one attached hydrogen (secondary N) is 1. The third kappa shape index (κ3) is 2.35. The average molecular weight is 129 g/mol. The first kappa shape index (κ1) is 7.07. The van der Waals surface area contributed by atoms with Crippen LogP contribution < -0.4 is 5.32 Å². The van der Waals surface area contributed by atoms with Crippen molar-refractivity contribution >= 4 is 0 Å². The van der Waals surface area contributed by atoms with E-state index >= 15 is 0 Å². The van der Waals surface area contributed by atoms with Crippen molar-refractivity contribution in [2.24, 2.45) is 11.8 Å². The molecule has 1 nitrogen and oxygen atoms in total. The number of hydrogen-bond donors (Lipinski definition) is 1. The summed E-state index contributed by atoms with van der Waals surface area (Å²) in [7, 11) is 0. The summed E-state index contributed by atoms with van der Waals surface area (Å²) in [5, 5.41) is 3.43. The molecule has 1 aliphatic heterocycles. The minimum absolute atomic E-state index is 0. The van der Waals surface area contributed by atoms with E-state index < -0.39 is 0 Å². The van der Waals surface area contributed by atoms with Crippen LogP contribution in [0.25, 0.3) is 0 Å². The Balaban J connectivity index is 0.000000810. The zero-order chi connectivity index (χ0) is 6.69. The molecule has 0 bridgehead atoms. The fourth-order valence-corrected chi connectivity index (χ4v) is 1.58. The minimum Gasteiger partial charge on any atom is -0.316 e. The molecule has 1 heteroatoms. The molecule has 1 heterocycles. The molecule has 0 unspecified atom stereocenters. The standard InChI is InChI=1S/C8H17N.H2/c1-7-3-4-9-6-8(2)5-7;/h7-9H,3-6H2,1-2H3;1H/t7-,8-;/m0./s1. The summed E-state index contributed by atoms with van der Waals surface area (Å²) < 4.78 is 0. The Morgan fingerprint density at radius 3 is 2.89 bits per heavy atom. The number of rotatable bonds is 0. The molecule has 0 aromatic heterocycles. The van der Waals surface area contributed by atoms with Crippen LogP contribution in [-0.2, 0) is 0 Å². The Labute approximate surface area is 59.3 Å². The summed E-state index contributed by atoms with van der Waals surface area (Å²) in [6.07, 6.45) is 2.78. The summed E-state index contributed by atoms with van der Waals surface area (Å²) in [5.41, 5.74) is 0. The van der Waals surface area contributed by atoms with E-state index in [9.17, 15) is 0 Å². The predicted molar refractivity (Wildman–Crippen MR) is 42.5 cm³/mol. The number of hydrogen-bond acceptors (Lipinski definition) is 1. The molecule has 1 fully saturated rings. The van der Waals surface area contributed by atoms with Gasteiger partial charge in [-0.25, -0.2) is 0 Å². The van der Waals surface area contributed by atoms with Crippen LogP contribution in [-0.4, -0.2) is 13.1 Å². The van der Waals surface area contributed by atoms with Gasteiger partial charge in [-0.1, -0.05) is 13.8 Å². The Hall–Kier alpha value is -0.0400. The normalized spacial score (nSPS) is 38.0. The van der Waals surface area contributed by atoms with Crippen LogP contribution in [0.2, 0.25) is 0 Å². The van der Waals surface area contributed by atoms with Gasteiger partial charge in [0.05, 0.1) is 0 Å². The molecule has 9 heavy (non-hydrogen) atoms. The maximum Gasteiger partial charge on any atom is 0 e. The van der Waals surface area contributed by atoms with Crippen molar-refractivity contribution in [1.29, 1.82) is 0 Å². The van der Waals surface area contributed by atoms with Gasteiger partial charge in [0.1, 0.15) is 0 Å². The summed E-state index contributed by atoms with van der Waals surface area (Å²) in [5.74, 6) is 1.83. The highest BCUT2D eigenvalue weighted by atomic mass is 14.9. The van der Waals surface area contributed by atoms with Gasteiger partial charge in [0.15, 0.2) is 0 Å². The third-order valence-corrected chi connectivity index (χ3v) is 2.11. The smallest absolute Gasteiger partial charge is 0 e. The SMILES string of the molecule is C[C@@H]1CNCC[C@H](C)C1.[HH]. The fourth-order valence-electron chi connectivity index (χ4n) is 1.58. The lowest BCUT2D eigenvalue weighted by Gasteiger charge is -2.09. The molecule has 1 N–H and O–H groups in total. The van der Waals surface area contributed by atoms with E-state index in [1.54, 1.807) is 0 Å². The highest BCUT2D eigenvalue weighted by molar-refractivity contribution is 4.67. The molecule has 2 atom stereocenters. The van der Waals surface area contributed by atoms with Crippen molar-refractivity contribution < 1.29 is 1.43 Å². The first-order chi connectivity index (χ1) is 4.29. The van der Waals surface area contributed by atoms with E-state index in [2.05, 4.69) is 19.2 Å². The van der Waals surface area contributed by atoms with E-state index in [0.29, 0.717) is 0 Å². The monoisotopic (exact) mass is 129 g/mol.